The highest BCUT2D eigenvalue weighted by atomic mass is 15.1. The standard InChI is InChI=1S/C17H25N3/c1-4-8-17-19-11-12-20(17)13-16(18-5-2)15-10-7-6-9-14(15)3/h6-7,9-12,16,18H,4-5,8,13H2,1-3H3. The first kappa shape index (κ1) is 14.8. The third kappa shape index (κ3) is 3.48. The highest BCUT2D eigenvalue weighted by Gasteiger charge is 2.14. The van der Waals surface area contributed by atoms with Crippen molar-refractivity contribution in [3.8, 4) is 0 Å². The van der Waals surface area contributed by atoms with Gasteiger partial charge in [-0.25, -0.2) is 4.98 Å². The number of hydrogen-bond donors (Lipinski definition) is 1. The molecule has 1 atom stereocenters. The van der Waals surface area contributed by atoms with Gasteiger partial charge < -0.3 is 9.88 Å². The highest BCUT2D eigenvalue weighted by molar-refractivity contribution is 5.28. The molecular weight excluding hydrogens is 246 g/mol. The Labute approximate surface area is 122 Å². The number of nitrogens with zero attached hydrogens (tertiary/aromatic N) is 2. The van der Waals surface area contributed by atoms with Crippen LogP contribution < -0.4 is 5.32 Å². The van der Waals surface area contributed by atoms with Crippen LogP contribution in [0, 0.1) is 6.92 Å². The van der Waals surface area contributed by atoms with Crippen molar-refractivity contribution in [3.05, 3.63) is 53.6 Å². The molecule has 0 aliphatic carbocycles. The molecule has 0 radical (unpaired) electrons. The Bertz CT molecular complexity index is 531. The maximum absolute atomic E-state index is 4.47. The second kappa shape index (κ2) is 7.25. The van der Waals surface area contributed by atoms with E-state index in [1.54, 1.807) is 0 Å². The number of hydrogen-bond acceptors (Lipinski definition) is 2. The summed E-state index contributed by atoms with van der Waals surface area (Å²) in [6, 6.07) is 8.96. The van der Waals surface area contributed by atoms with Crippen molar-refractivity contribution in [2.24, 2.45) is 0 Å². The maximum atomic E-state index is 4.47. The summed E-state index contributed by atoms with van der Waals surface area (Å²) in [6.07, 6.45) is 6.17. The average molecular weight is 271 g/mol. The number of likely N-dealkylation sites (N-methyl/N-ethyl adjacent to an activating group) is 1. The monoisotopic (exact) mass is 271 g/mol. The molecule has 3 heteroatoms. The average Bonchev–Trinajstić information content (AvgIpc) is 2.87. The molecule has 1 aromatic heterocycles. The SMILES string of the molecule is CCCc1nccn1CC(NCC)c1ccccc1C. The normalized spacial score (nSPS) is 12.6. The number of aromatic nitrogens is 2. The first-order chi connectivity index (χ1) is 9.76. The molecule has 0 fully saturated rings. The highest BCUT2D eigenvalue weighted by Crippen LogP contribution is 2.20. The molecular formula is C17H25N3. The van der Waals surface area contributed by atoms with Gasteiger partial charge in [0.15, 0.2) is 0 Å². The topological polar surface area (TPSA) is 29.9 Å². The Morgan fingerprint density at radius 1 is 1.25 bits per heavy atom. The van der Waals surface area contributed by atoms with Crippen molar-refractivity contribution in [1.82, 2.24) is 14.9 Å². The molecule has 1 heterocycles. The predicted molar refractivity (Wildman–Crippen MR) is 83.8 cm³/mol. The van der Waals surface area contributed by atoms with Crippen LogP contribution in [-0.2, 0) is 13.0 Å². The van der Waals surface area contributed by atoms with E-state index in [2.05, 4.69) is 66.1 Å². The predicted octanol–water partition coefficient (Wildman–Crippen LogP) is 3.49. The molecule has 1 unspecified atom stereocenters. The third-order valence-electron chi connectivity index (χ3n) is 3.67. The Kier molecular flexibility index (Phi) is 5.36. The van der Waals surface area contributed by atoms with E-state index in [4.69, 9.17) is 0 Å². The maximum Gasteiger partial charge on any atom is 0.108 e. The van der Waals surface area contributed by atoms with E-state index < -0.39 is 0 Å². The van der Waals surface area contributed by atoms with Gasteiger partial charge in [-0.15, -0.1) is 0 Å². The minimum absolute atomic E-state index is 0.339. The molecule has 2 rings (SSSR count). The van der Waals surface area contributed by atoms with Crippen LogP contribution in [0.15, 0.2) is 36.7 Å². The van der Waals surface area contributed by atoms with Crippen LogP contribution in [0.2, 0.25) is 0 Å². The van der Waals surface area contributed by atoms with Crippen LogP contribution >= 0.6 is 0 Å². The van der Waals surface area contributed by atoms with E-state index in [0.29, 0.717) is 6.04 Å². The van der Waals surface area contributed by atoms with Crippen molar-refractivity contribution in [1.29, 1.82) is 0 Å². The van der Waals surface area contributed by atoms with Gasteiger partial charge in [-0.1, -0.05) is 38.1 Å². The lowest BCUT2D eigenvalue weighted by atomic mass is 10.0. The van der Waals surface area contributed by atoms with Gasteiger partial charge >= 0.3 is 0 Å². The number of nitrogens with one attached hydrogen (secondary N) is 1. The molecule has 0 bridgehead atoms. The summed E-state index contributed by atoms with van der Waals surface area (Å²) in [7, 11) is 0. The number of benzene rings is 1. The Balaban J connectivity index is 2.21. The zero-order chi connectivity index (χ0) is 14.4. The van der Waals surface area contributed by atoms with E-state index in [9.17, 15) is 0 Å². The minimum atomic E-state index is 0.339. The minimum Gasteiger partial charge on any atom is -0.333 e. The molecule has 0 aliphatic heterocycles. The van der Waals surface area contributed by atoms with Crippen LogP contribution in [0.3, 0.4) is 0 Å². The first-order valence-electron chi connectivity index (χ1n) is 7.55. The van der Waals surface area contributed by atoms with Crippen molar-refractivity contribution in [2.75, 3.05) is 6.54 Å². The fourth-order valence-corrected chi connectivity index (χ4v) is 2.65. The second-order valence-electron chi connectivity index (χ2n) is 5.21. The molecule has 108 valence electrons. The summed E-state index contributed by atoms with van der Waals surface area (Å²) in [5.74, 6) is 1.18. The Morgan fingerprint density at radius 2 is 2.05 bits per heavy atom. The number of imidazole rings is 1. The molecule has 0 amide bonds. The van der Waals surface area contributed by atoms with Crippen molar-refractivity contribution in [2.45, 2.75) is 46.2 Å². The third-order valence-corrected chi connectivity index (χ3v) is 3.67. The zero-order valence-electron chi connectivity index (χ0n) is 12.8. The van der Waals surface area contributed by atoms with E-state index in [0.717, 1.165) is 25.9 Å². The molecule has 1 aromatic carbocycles. The van der Waals surface area contributed by atoms with Gasteiger partial charge in [0, 0.05) is 25.4 Å². The van der Waals surface area contributed by atoms with Gasteiger partial charge in [-0.2, -0.15) is 0 Å². The lowest BCUT2D eigenvalue weighted by molar-refractivity contribution is 0.462. The quantitative estimate of drug-likeness (QED) is 0.835. The first-order valence-corrected chi connectivity index (χ1v) is 7.55. The van der Waals surface area contributed by atoms with Crippen LogP contribution in [0.1, 0.15) is 43.3 Å². The molecule has 20 heavy (non-hydrogen) atoms. The van der Waals surface area contributed by atoms with Gasteiger partial charge in [-0.05, 0) is 31.0 Å². The van der Waals surface area contributed by atoms with Crippen LogP contribution in [-0.4, -0.2) is 16.1 Å². The summed E-state index contributed by atoms with van der Waals surface area (Å²) in [5.41, 5.74) is 2.72. The largest absolute Gasteiger partial charge is 0.333 e. The van der Waals surface area contributed by atoms with Crippen molar-refractivity contribution in [3.63, 3.8) is 0 Å². The molecule has 1 N–H and O–H groups in total. The van der Waals surface area contributed by atoms with E-state index in [1.165, 1.54) is 17.0 Å². The van der Waals surface area contributed by atoms with Crippen molar-refractivity contribution >= 4 is 0 Å². The molecule has 0 aliphatic rings. The lowest BCUT2D eigenvalue weighted by Crippen LogP contribution is -2.26. The Morgan fingerprint density at radius 3 is 2.75 bits per heavy atom. The summed E-state index contributed by atoms with van der Waals surface area (Å²) >= 11 is 0. The number of rotatable bonds is 7. The molecule has 0 spiro atoms. The summed E-state index contributed by atoms with van der Waals surface area (Å²) in [4.78, 5) is 4.47. The van der Waals surface area contributed by atoms with Gasteiger partial charge in [-0.3, -0.25) is 0 Å². The fourth-order valence-electron chi connectivity index (χ4n) is 2.65. The summed E-state index contributed by atoms with van der Waals surface area (Å²) < 4.78 is 2.28. The zero-order valence-corrected chi connectivity index (χ0v) is 12.8. The van der Waals surface area contributed by atoms with E-state index >= 15 is 0 Å². The second-order valence-corrected chi connectivity index (χ2v) is 5.21. The summed E-state index contributed by atoms with van der Waals surface area (Å²) in [5, 5.41) is 3.60. The molecule has 2 aromatic rings. The van der Waals surface area contributed by atoms with Crippen LogP contribution in [0.25, 0.3) is 0 Å². The molecule has 0 saturated carbocycles. The van der Waals surface area contributed by atoms with Crippen molar-refractivity contribution < 1.29 is 0 Å². The van der Waals surface area contributed by atoms with E-state index in [1.807, 2.05) is 6.20 Å². The number of aryl methyl sites for hydroxylation is 2. The van der Waals surface area contributed by atoms with Crippen LogP contribution in [0.4, 0.5) is 0 Å². The van der Waals surface area contributed by atoms with Gasteiger partial charge in [0.25, 0.3) is 0 Å². The van der Waals surface area contributed by atoms with Crippen LogP contribution in [0.5, 0.6) is 0 Å². The fraction of sp³-hybridized carbons (Fsp3) is 0.471. The smallest absolute Gasteiger partial charge is 0.108 e. The Hall–Kier alpha value is -1.61. The van der Waals surface area contributed by atoms with Gasteiger partial charge in [0.1, 0.15) is 5.82 Å². The lowest BCUT2D eigenvalue weighted by Gasteiger charge is -2.22. The van der Waals surface area contributed by atoms with Gasteiger partial charge in [0.2, 0.25) is 0 Å². The van der Waals surface area contributed by atoms with E-state index in [-0.39, 0.29) is 0 Å². The van der Waals surface area contributed by atoms with Gasteiger partial charge in [0.05, 0.1) is 6.04 Å². The summed E-state index contributed by atoms with van der Waals surface area (Å²) in [6.45, 7) is 8.44. The molecule has 3 nitrogen and oxygen atoms in total. The molecule has 0 saturated heterocycles.